The Labute approximate surface area is 111 Å². The molecule has 1 fully saturated rings. The maximum absolute atomic E-state index is 11.7. The van der Waals surface area contributed by atoms with Gasteiger partial charge in [0.25, 0.3) is 0 Å². The second-order valence-corrected chi connectivity index (χ2v) is 5.29. The highest BCUT2D eigenvalue weighted by molar-refractivity contribution is 5.86. The molecule has 5 N–H and O–H groups in total. The second kappa shape index (κ2) is 6.40. The summed E-state index contributed by atoms with van der Waals surface area (Å²) in [6.07, 6.45) is 1.61. The van der Waals surface area contributed by atoms with Crippen molar-refractivity contribution in [3.05, 3.63) is 0 Å². The molecule has 0 aromatic carbocycles. The number of hydrogen-bond donors (Lipinski definition) is 4. The van der Waals surface area contributed by atoms with Gasteiger partial charge in [-0.2, -0.15) is 0 Å². The van der Waals surface area contributed by atoms with Crippen molar-refractivity contribution in [3.8, 4) is 0 Å². The molecular weight excluding hydrogens is 250 g/mol. The molecule has 0 radical (unpaired) electrons. The highest BCUT2D eigenvalue weighted by atomic mass is 16.4. The number of carbonyl (C=O) groups is 3. The molecule has 3 amide bonds. The number of carbonyl (C=O) groups excluding carboxylic acids is 2. The monoisotopic (exact) mass is 271 g/mol. The molecule has 0 spiro atoms. The van der Waals surface area contributed by atoms with Crippen LogP contribution in [0.5, 0.6) is 0 Å². The van der Waals surface area contributed by atoms with Crippen molar-refractivity contribution >= 4 is 17.9 Å². The summed E-state index contributed by atoms with van der Waals surface area (Å²) in [6.45, 7) is 3.57. The van der Waals surface area contributed by atoms with Gasteiger partial charge in [-0.05, 0) is 25.2 Å². The lowest BCUT2D eigenvalue weighted by Gasteiger charge is -2.21. The van der Waals surface area contributed by atoms with Crippen LogP contribution < -0.4 is 16.4 Å². The molecule has 3 atom stereocenters. The minimum absolute atomic E-state index is 0.0985. The molecular formula is C12H21N3O4. The fourth-order valence-corrected chi connectivity index (χ4v) is 2.27. The Bertz CT molecular complexity index is 370. The van der Waals surface area contributed by atoms with Crippen molar-refractivity contribution in [2.45, 2.75) is 45.2 Å². The average Bonchev–Trinajstić information content (AvgIpc) is 2.73. The van der Waals surface area contributed by atoms with E-state index in [0.29, 0.717) is 19.3 Å². The summed E-state index contributed by atoms with van der Waals surface area (Å²) >= 11 is 0. The predicted octanol–water partition coefficient (Wildman–Crippen LogP) is 0.0488. The highest BCUT2D eigenvalue weighted by Crippen LogP contribution is 2.25. The van der Waals surface area contributed by atoms with Gasteiger partial charge in [-0.25, -0.2) is 4.79 Å². The van der Waals surface area contributed by atoms with Gasteiger partial charge in [-0.3, -0.25) is 9.59 Å². The molecule has 1 aliphatic carbocycles. The first kappa shape index (κ1) is 15.3. The van der Waals surface area contributed by atoms with Crippen molar-refractivity contribution < 1.29 is 19.5 Å². The molecule has 3 unspecified atom stereocenters. The standard InChI is InChI=1S/C12H21N3O4/c1-6(2)9(10(13)16)15-12(19)14-8-4-3-7(5-8)11(17)18/h6-9H,3-5H2,1-2H3,(H2,13,16)(H,17,18)(H2,14,15,19). The zero-order chi connectivity index (χ0) is 14.6. The van der Waals surface area contributed by atoms with Gasteiger partial charge < -0.3 is 21.5 Å². The number of carboxylic acids is 1. The molecule has 7 heteroatoms. The molecule has 0 heterocycles. The maximum atomic E-state index is 11.7. The Balaban J connectivity index is 2.44. The largest absolute Gasteiger partial charge is 0.481 e. The van der Waals surface area contributed by atoms with Crippen LogP contribution >= 0.6 is 0 Å². The van der Waals surface area contributed by atoms with E-state index in [9.17, 15) is 14.4 Å². The maximum Gasteiger partial charge on any atom is 0.315 e. The summed E-state index contributed by atoms with van der Waals surface area (Å²) < 4.78 is 0. The van der Waals surface area contributed by atoms with Crippen LogP contribution in [0.3, 0.4) is 0 Å². The zero-order valence-electron chi connectivity index (χ0n) is 11.2. The van der Waals surface area contributed by atoms with Crippen LogP contribution in [-0.4, -0.2) is 35.1 Å². The first-order valence-corrected chi connectivity index (χ1v) is 6.40. The lowest BCUT2D eigenvalue weighted by molar-refractivity contribution is -0.141. The van der Waals surface area contributed by atoms with Gasteiger partial charge in [0.05, 0.1) is 5.92 Å². The summed E-state index contributed by atoms with van der Waals surface area (Å²) in [5.41, 5.74) is 5.20. The molecule has 0 aromatic heterocycles. The third kappa shape index (κ3) is 4.42. The Kier molecular flexibility index (Phi) is 5.14. The topological polar surface area (TPSA) is 122 Å². The molecule has 0 bridgehead atoms. The summed E-state index contributed by atoms with van der Waals surface area (Å²) in [5.74, 6) is -1.91. The number of rotatable bonds is 5. The zero-order valence-corrected chi connectivity index (χ0v) is 11.2. The molecule has 0 aromatic rings. The molecule has 0 saturated heterocycles. The molecule has 1 rings (SSSR count). The number of hydrogen-bond acceptors (Lipinski definition) is 3. The molecule has 7 nitrogen and oxygen atoms in total. The van der Waals surface area contributed by atoms with Gasteiger partial charge in [0, 0.05) is 6.04 Å². The summed E-state index contributed by atoms with van der Waals surface area (Å²) in [5, 5.41) is 14.1. The minimum Gasteiger partial charge on any atom is -0.481 e. The number of primary amides is 1. The predicted molar refractivity (Wildman–Crippen MR) is 68.3 cm³/mol. The first-order chi connectivity index (χ1) is 8.81. The van der Waals surface area contributed by atoms with Crippen LogP contribution in [0.15, 0.2) is 0 Å². The van der Waals surface area contributed by atoms with Gasteiger partial charge in [0.1, 0.15) is 6.04 Å². The molecule has 19 heavy (non-hydrogen) atoms. The third-order valence-electron chi connectivity index (χ3n) is 3.38. The number of amides is 3. The SMILES string of the molecule is CC(C)C(NC(=O)NC1CCC(C(=O)O)C1)C(N)=O. The average molecular weight is 271 g/mol. The lowest BCUT2D eigenvalue weighted by Crippen LogP contribution is -2.52. The van der Waals surface area contributed by atoms with Crippen molar-refractivity contribution in [2.24, 2.45) is 17.6 Å². The van der Waals surface area contributed by atoms with E-state index in [1.54, 1.807) is 13.8 Å². The lowest BCUT2D eigenvalue weighted by atomic mass is 10.0. The summed E-state index contributed by atoms with van der Waals surface area (Å²) in [7, 11) is 0. The van der Waals surface area contributed by atoms with E-state index in [0.717, 1.165) is 0 Å². The number of nitrogens with two attached hydrogens (primary N) is 1. The highest BCUT2D eigenvalue weighted by Gasteiger charge is 2.31. The van der Waals surface area contributed by atoms with Crippen LogP contribution in [0.4, 0.5) is 4.79 Å². The molecule has 1 aliphatic rings. The van der Waals surface area contributed by atoms with Crippen LogP contribution in [0.1, 0.15) is 33.1 Å². The van der Waals surface area contributed by atoms with E-state index in [1.165, 1.54) is 0 Å². The Morgan fingerprint density at radius 2 is 1.89 bits per heavy atom. The first-order valence-electron chi connectivity index (χ1n) is 6.40. The van der Waals surface area contributed by atoms with Gasteiger partial charge in [0.2, 0.25) is 5.91 Å². The third-order valence-corrected chi connectivity index (χ3v) is 3.38. The number of carboxylic acid groups (broad SMARTS) is 1. The van der Waals surface area contributed by atoms with Crippen LogP contribution in [-0.2, 0) is 9.59 Å². The van der Waals surface area contributed by atoms with E-state index < -0.39 is 29.9 Å². The fraction of sp³-hybridized carbons (Fsp3) is 0.750. The van der Waals surface area contributed by atoms with Crippen molar-refractivity contribution in [3.63, 3.8) is 0 Å². The molecule has 0 aliphatic heterocycles. The smallest absolute Gasteiger partial charge is 0.315 e. The quantitative estimate of drug-likeness (QED) is 0.564. The van der Waals surface area contributed by atoms with Crippen LogP contribution in [0, 0.1) is 11.8 Å². The van der Waals surface area contributed by atoms with E-state index in [-0.39, 0.29) is 12.0 Å². The van der Waals surface area contributed by atoms with Crippen molar-refractivity contribution in [1.82, 2.24) is 10.6 Å². The van der Waals surface area contributed by atoms with E-state index in [4.69, 9.17) is 10.8 Å². The Morgan fingerprint density at radius 1 is 1.26 bits per heavy atom. The van der Waals surface area contributed by atoms with E-state index >= 15 is 0 Å². The number of aliphatic carboxylic acids is 1. The second-order valence-electron chi connectivity index (χ2n) is 5.29. The normalized spacial score (nSPS) is 23.9. The summed E-state index contributed by atoms with van der Waals surface area (Å²) in [4.78, 5) is 33.7. The van der Waals surface area contributed by atoms with Gasteiger partial charge in [-0.15, -0.1) is 0 Å². The van der Waals surface area contributed by atoms with Gasteiger partial charge >= 0.3 is 12.0 Å². The molecule has 1 saturated carbocycles. The van der Waals surface area contributed by atoms with Crippen molar-refractivity contribution in [2.75, 3.05) is 0 Å². The number of nitrogens with one attached hydrogen (secondary N) is 2. The Hall–Kier alpha value is -1.79. The fourth-order valence-electron chi connectivity index (χ4n) is 2.27. The van der Waals surface area contributed by atoms with Gasteiger partial charge in [-0.1, -0.05) is 13.8 Å². The van der Waals surface area contributed by atoms with Crippen LogP contribution in [0.25, 0.3) is 0 Å². The van der Waals surface area contributed by atoms with Crippen molar-refractivity contribution in [1.29, 1.82) is 0 Å². The number of urea groups is 1. The van der Waals surface area contributed by atoms with Gasteiger partial charge in [0.15, 0.2) is 0 Å². The van der Waals surface area contributed by atoms with Crippen LogP contribution in [0.2, 0.25) is 0 Å². The van der Waals surface area contributed by atoms with E-state index in [1.807, 2.05) is 0 Å². The summed E-state index contributed by atoms with van der Waals surface area (Å²) in [6, 6.07) is -1.37. The molecule has 108 valence electrons. The van der Waals surface area contributed by atoms with E-state index in [2.05, 4.69) is 10.6 Å². The minimum atomic E-state index is -0.832. The Morgan fingerprint density at radius 3 is 2.32 bits per heavy atom.